The van der Waals surface area contributed by atoms with E-state index in [0.29, 0.717) is 12.2 Å². The number of hydrogen-bond donors (Lipinski definition) is 1. The van der Waals surface area contributed by atoms with Gasteiger partial charge >= 0.3 is 5.97 Å². The van der Waals surface area contributed by atoms with Gasteiger partial charge in [0.05, 0.1) is 12.2 Å². The van der Waals surface area contributed by atoms with Crippen molar-refractivity contribution in [3.63, 3.8) is 0 Å². The molecule has 1 aliphatic rings. The van der Waals surface area contributed by atoms with Crippen molar-refractivity contribution in [1.29, 1.82) is 0 Å². The number of benzene rings is 1. The molecule has 4 heteroatoms. The number of unbranched alkanes of at least 4 members (excludes halogenated alkanes) is 1. The number of carbonyl (C=O) groups excluding carboxylic acids is 1. The predicted octanol–water partition coefficient (Wildman–Crippen LogP) is 2.36. The number of nitrogens with one attached hydrogen (secondary N) is 1. The lowest BCUT2D eigenvalue weighted by Gasteiger charge is -2.29. The van der Waals surface area contributed by atoms with Crippen molar-refractivity contribution in [1.82, 2.24) is 5.32 Å². The standard InChI is InChI=1S/C16H24N2O2/c1-3-4-11-20-16(19)15-6-5-14(12-13(15)2)18-9-7-17-8-10-18/h5-6,12,17H,3-4,7-11H2,1-2H3. The molecule has 1 N–H and O–H groups in total. The molecule has 0 saturated carbocycles. The molecule has 4 nitrogen and oxygen atoms in total. The molecule has 1 aliphatic heterocycles. The van der Waals surface area contributed by atoms with Crippen molar-refractivity contribution in [2.75, 3.05) is 37.7 Å². The molecule has 0 radical (unpaired) electrons. The Balaban J connectivity index is 2.03. The van der Waals surface area contributed by atoms with E-state index in [-0.39, 0.29) is 5.97 Å². The fraction of sp³-hybridized carbons (Fsp3) is 0.562. The van der Waals surface area contributed by atoms with E-state index in [1.54, 1.807) is 0 Å². The van der Waals surface area contributed by atoms with E-state index in [4.69, 9.17) is 4.74 Å². The molecule has 0 bridgehead atoms. The van der Waals surface area contributed by atoms with Gasteiger partial charge < -0.3 is 15.0 Å². The van der Waals surface area contributed by atoms with Crippen LogP contribution in [0.5, 0.6) is 0 Å². The van der Waals surface area contributed by atoms with Gasteiger partial charge in [0, 0.05) is 31.9 Å². The first-order valence-corrected chi connectivity index (χ1v) is 7.46. The van der Waals surface area contributed by atoms with Gasteiger partial charge in [-0.3, -0.25) is 0 Å². The first-order valence-electron chi connectivity index (χ1n) is 7.46. The van der Waals surface area contributed by atoms with Crippen molar-refractivity contribution in [3.05, 3.63) is 29.3 Å². The van der Waals surface area contributed by atoms with Gasteiger partial charge in [-0.05, 0) is 37.1 Å². The van der Waals surface area contributed by atoms with Crippen LogP contribution in [0.2, 0.25) is 0 Å². The zero-order chi connectivity index (χ0) is 14.4. The van der Waals surface area contributed by atoms with Gasteiger partial charge in [-0.2, -0.15) is 0 Å². The molecule has 0 unspecified atom stereocenters. The van der Waals surface area contributed by atoms with E-state index in [1.165, 1.54) is 5.69 Å². The highest BCUT2D eigenvalue weighted by Gasteiger charge is 2.14. The fourth-order valence-corrected chi connectivity index (χ4v) is 2.38. The Morgan fingerprint density at radius 1 is 1.35 bits per heavy atom. The summed E-state index contributed by atoms with van der Waals surface area (Å²) in [6.07, 6.45) is 1.96. The minimum atomic E-state index is -0.206. The molecular formula is C16H24N2O2. The minimum Gasteiger partial charge on any atom is -0.462 e. The van der Waals surface area contributed by atoms with Crippen molar-refractivity contribution >= 4 is 11.7 Å². The number of piperazine rings is 1. The Morgan fingerprint density at radius 3 is 2.75 bits per heavy atom. The lowest BCUT2D eigenvalue weighted by atomic mass is 10.1. The number of hydrogen-bond acceptors (Lipinski definition) is 4. The van der Waals surface area contributed by atoms with Crippen LogP contribution in [0.15, 0.2) is 18.2 Å². The van der Waals surface area contributed by atoms with Crippen LogP contribution in [0.3, 0.4) is 0 Å². The number of aryl methyl sites for hydroxylation is 1. The molecule has 0 atom stereocenters. The van der Waals surface area contributed by atoms with Gasteiger partial charge in [0.25, 0.3) is 0 Å². The van der Waals surface area contributed by atoms with E-state index >= 15 is 0 Å². The summed E-state index contributed by atoms with van der Waals surface area (Å²) in [6, 6.07) is 6.00. The van der Waals surface area contributed by atoms with Gasteiger partial charge in [0.1, 0.15) is 0 Å². The second kappa shape index (κ2) is 7.29. The number of carbonyl (C=O) groups is 1. The van der Waals surface area contributed by atoms with Crippen LogP contribution in [0.4, 0.5) is 5.69 Å². The molecule has 1 aromatic rings. The highest BCUT2D eigenvalue weighted by molar-refractivity contribution is 5.91. The summed E-state index contributed by atoms with van der Waals surface area (Å²) in [7, 11) is 0. The molecule has 20 heavy (non-hydrogen) atoms. The zero-order valence-corrected chi connectivity index (χ0v) is 12.4. The normalized spacial score (nSPS) is 15.2. The van der Waals surface area contributed by atoms with E-state index in [9.17, 15) is 4.79 Å². The maximum atomic E-state index is 12.0. The second-order valence-electron chi connectivity index (χ2n) is 5.23. The van der Waals surface area contributed by atoms with Gasteiger partial charge in [-0.1, -0.05) is 13.3 Å². The van der Waals surface area contributed by atoms with Crippen molar-refractivity contribution in [2.24, 2.45) is 0 Å². The number of esters is 1. The van der Waals surface area contributed by atoms with Gasteiger partial charge in [0.15, 0.2) is 0 Å². The molecule has 0 aliphatic carbocycles. The molecule has 1 heterocycles. The van der Waals surface area contributed by atoms with Crippen LogP contribution in [-0.4, -0.2) is 38.8 Å². The van der Waals surface area contributed by atoms with Crippen LogP contribution in [0, 0.1) is 6.92 Å². The van der Waals surface area contributed by atoms with Crippen LogP contribution < -0.4 is 10.2 Å². The summed E-state index contributed by atoms with van der Waals surface area (Å²) >= 11 is 0. The predicted molar refractivity (Wildman–Crippen MR) is 81.5 cm³/mol. The summed E-state index contributed by atoms with van der Waals surface area (Å²) in [6.45, 7) is 8.62. The average molecular weight is 276 g/mol. The van der Waals surface area contributed by atoms with E-state index in [1.807, 2.05) is 19.1 Å². The SMILES string of the molecule is CCCCOC(=O)c1ccc(N2CCNCC2)cc1C. The van der Waals surface area contributed by atoms with Gasteiger partial charge in [-0.15, -0.1) is 0 Å². The zero-order valence-electron chi connectivity index (χ0n) is 12.4. The summed E-state index contributed by atoms with van der Waals surface area (Å²) < 4.78 is 5.27. The third kappa shape index (κ3) is 3.73. The maximum absolute atomic E-state index is 12.0. The third-order valence-corrected chi connectivity index (χ3v) is 3.64. The summed E-state index contributed by atoms with van der Waals surface area (Å²) in [5, 5.41) is 3.34. The van der Waals surface area contributed by atoms with Gasteiger partial charge in [-0.25, -0.2) is 4.79 Å². The van der Waals surface area contributed by atoms with Crippen molar-refractivity contribution in [3.8, 4) is 0 Å². The molecule has 2 rings (SSSR count). The van der Waals surface area contributed by atoms with E-state index < -0.39 is 0 Å². The number of anilines is 1. The van der Waals surface area contributed by atoms with Crippen LogP contribution in [-0.2, 0) is 4.74 Å². The summed E-state index contributed by atoms with van der Waals surface area (Å²) in [5.74, 6) is -0.206. The number of nitrogens with zero attached hydrogens (tertiary/aromatic N) is 1. The monoisotopic (exact) mass is 276 g/mol. The third-order valence-electron chi connectivity index (χ3n) is 3.64. The second-order valence-corrected chi connectivity index (χ2v) is 5.23. The van der Waals surface area contributed by atoms with Crippen molar-refractivity contribution < 1.29 is 9.53 Å². The highest BCUT2D eigenvalue weighted by Crippen LogP contribution is 2.20. The Labute approximate surface area is 121 Å². The van der Waals surface area contributed by atoms with Crippen molar-refractivity contribution in [2.45, 2.75) is 26.7 Å². The fourth-order valence-electron chi connectivity index (χ4n) is 2.38. The Kier molecular flexibility index (Phi) is 5.41. The Bertz CT molecular complexity index is 454. The van der Waals surface area contributed by atoms with Crippen LogP contribution in [0.1, 0.15) is 35.7 Å². The smallest absolute Gasteiger partial charge is 0.338 e. The largest absolute Gasteiger partial charge is 0.462 e. The molecule has 1 aromatic carbocycles. The quantitative estimate of drug-likeness (QED) is 0.662. The van der Waals surface area contributed by atoms with E-state index in [2.05, 4.69) is 23.2 Å². The molecule has 110 valence electrons. The molecule has 0 amide bonds. The first kappa shape index (κ1) is 14.9. The topological polar surface area (TPSA) is 41.6 Å². The number of rotatable bonds is 5. The summed E-state index contributed by atoms with van der Waals surface area (Å²) in [4.78, 5) is 14.3. The molecule has 0 spiro atoms. The minimum absolute atomic E-state index is 0.206. The molecule has 1 saturated heterocycles. The van der Waals surface area contributed by atoms with E-state index in [0.717, 1.165) is 44.6 Å². The van der Waals surface area contributed by atoms with Crippen LogP contribution >= 0.6 is 0 Å². The summed E-state index contributed by atoms with van der Waals surface area (Å²) in [5.41, 5.74) is 2.86. The lowest BCUT2D eigenvalue weighted by molar-refractivity contribution is 0.0499. The molecule has 0 aromatic heterocycles. The maximum Gasteiger partial charge on any atom is 0.338 e. The molecular weight excluding hydrogens is 252 g/mol. The van der Waals surface area contributed by atoms with Gasteiger partial charge in [0.2, 0.25) is 0 Å². The number of ether oxygens (including phenoxy) is 1. The van der Waals surface area contributed by atoms with Crippen LogP contribution in [0.25, 0.3) is 0 Å². The highest BCUT2D eigenvalue weighted by atomic mass is 16.5. The Hall–Kier alpha value is -1.55. The first-order chi connectivity index (χ1) is 9.72. The Morgan fingerprint density at radius 2 is 2.10 bits per heavy atom. The lowest BCUT2D eigenvalue weighted by Crippen LogP contribution is -2.43. The average Bonchev–Trinajstić information content (AvgIpc) is 2.48. The molecule has 1 fully saturated rings.